The second kappa shape index (κ2) is 5.97. The van der Waals surface area contributed by atoms with Crippen LogP contribution in [-0.4, -0.2) is 32.7 Å². The quantitative estimate of drug-likeness (QED) is 0.687. The number of H-pyrrole nitrogens is 1. The lowest BCUT2D eigenvalue weighted by atomic mass is 9.97. The second-order valence-corrected chi connectivity index (χ2v) is 6.03. The van der Waals surface area contributed by atoms with Crippen molar-refractivity contribution in [1.29, 1.82) is 0 Å². The zero-order valence-corrected chi connectivity index (χ0v) is 13.5. The molecule has 136 valence electrons. The van der Waals surface area contributed by atoms with Crippen molar-refractivity contribution in [2.45, 2.75) is 6.04 Å². The van der Waals surface area contributed by atoms with E-state index < -0.39 is 46.8 Å². The van der Waals surface area contributed by atoms with Crippen LogP contribution in [0.3, 0.4) is 0 Å². The van der Waals surface area contributed by atoms with Gasteiger partial charge in [0.05, 0.1) is 17.4 Å². The number of carbonyl (C=O) groups is 3. The molecule has 3 aromatic rings. The lowest BCUT2D eigenvalue weighted by Gasteiger charge is -2.24. The Balaban J connectivity index is 1.92. The van der Waals surface area contributed by atoms with Crippen molar-refractivity contribution >= 4 is 34.4 Å². The molecule has 0 saturated carbocycles. The molecule has 2 aromatic carbocycles. The number of aromatic nitrogens is 2. The largest absolute Gasteiger partial charge is 0.480 e. The fourth-order valence-electron chi connectivity index (χ4n) is 3.27. The number of Topliss-reactive ketones (excluding diaryl/α,β-unsaturated/α-hetero) is 1. The number of aliphatic carboxylic acids is 1. The van der Waals surface area contributed by atoms with Gasteiger partial charge in [0.2, 0.25) is 5.91 Å². The predicted molar refractivity (Wildman–Crippen MR) is 88.8 cm³/mol. The third-order valence-corrected chi connectivity index (χ3v) is 4.50. The lowest BCUT2D eigenvalue weighted by molar-refractivity contribution is -0.148. The van der Waals surface area contributed by atoms with E-state index in [-0.39, 0.29) is 5.69 Å². The van der Waals surface area contributed by atoms with Gasteiger partial charge >= 0.3 is 5.97 Å². The van der Waals surface area contributed by atoms with Gasteiger partial charge < -0.3 is 10.1 Å². The number of aromatic amines is 1. The third-order valence-electron chi connectivity index (χ3n) is 4.50. The summed E-state index contributed by atoms with van der Waals surface area (Å²) >= 11 is 0. The molecule has 1 aliphatic heterocycles. The molecule has 9 heteroatoms. The van der Waals surface area contributed by atoms with Crippen LogP contribution in [0.5, 0.6) is 0 Å². The van der Waals surface area contributed by atoms with E-state index in [1.54, 1.807) is 6.07 Å². The van der Waals surface area contributed by atoms with Crippen LogP contribution in [-0.2, 0) is 14.4 Å². The number of hydrogen-bond acceptors (Lipinski definition) is 4. The van der Waals surface area contributed by atoms with Crippen LogP contribution < -0.4 is 4.90 Å². The number of nitrogens with one attached hydrogen (secondary N) is 1. The highest BCUT2D eigenvalue weighted by molar-refractivity contribution is 6.28. The van der Waals surface area contributed by atoms with Gasteiger partial charge in [-0.1, -0.05) is 12.1 Å². The molecular formula is C18H11F2N3O4. The van der Waals surface area contributed by atoms with Crippen LogP contribution in [0.2, 0.25) is 0 Å². The Morgan fingerprint density at radius 2 is 1.96 bits per heavy atom. The summed E-state index contributed by atoms with van der Waals surface area (Å²) in [6, 6.07) is 6.14. The minimum atomic E-state index is -1.99. The Labute approximate surface area is 150 Å². The van der Waals surface area contributed by atoms with Gasteiger partial charge in [0.15, 0.2) is 23.3 Å². The van der Waals surface area contributed by atoms with Crippen LogP contribution in [0.25, 0.3) is 11.0 Å². The Kier molecular flexibility index (Phi) is 3.72. The van der Waals surface area contributed by atoms with Gasteiger partial charge in [0.1, 0.15) is 6.04 Å². The molecular weight excluding hydrogens is 360 g/mol. The number of benzene rings is 2. The molecule has 2 atom stereocenters. The van der Waals surface area contributed by atoms with Crippen molar-refractivity contribution in [3.05, 3.63) is 59.9 Å². The van der Waals surface area contributed by atoms with Crippen molar-refractivity contribution in [1.82, 2.24) is 9.97 Å². The monoisotopic (exact) mass is 371 g/mol. The molecule has 4 rings (SSSR count). The normalized spacial score (nSPS) is 19.9. The van der Waals surface area contributed by atoms with Crippen LogP contribution >= 0.6 is 0 Å². The van der Waals surface area contributed by atoms with Crippen LogP contribution in [0.1, 0.15) is 11.6 Å². The predicted octanol–water partition coefficient (Wildman–Crippen LogP) is 2.20. The first-order chi connectivity index (χ1) is 12.9. The van der Waals surface area contributed by atoms with Gasteiger partial charge in [-0.05, 0) is 24.3 Å². The number of halogens is 2. The number of anilines is 1. The molecule has 2 N–H and O–H groups in total. The smallest absolute Gasteiger partial charge is 0.323 e. The number of amides is 1. The zero-order valence-electron chi connectivity index (χ0n) is 13.5. The van der Waals surface area contributed by atoms with E-state index in [1.807, 2.05) is 0 Å². The molecule has 2 unspecified atom stereocenters. The maximum atomic E-state index is 14.3. The van der Waals surface area contributed by atoms with Crippen molar-refractivity contribution in [2.24, 2.45) is 5.92 Å². The van der Waals surface area contributed by atoms with E-state index in [9.17, 15) is 28.3 Å². The van der Waals surface area contributed by atoms with Gasteiger partial charge in [-0.3, -0.25) is 19.3 Å². The highest BCUT2D eigenvalue weighted by Gasteiger charge is 2.53. The minimum Gasteiger partial charge on any atom is -0.480 e. The summed E-state index contributed by atoms with van der Waals surface area (Å²) in [6.45, 7) is 0. The number of rotatable bonds is 3. The van der Waals surface area contributed by atoms with E-state index in [1.165, 1.54) is 24.5 Å². The molecule has 0 radical (unpaired) electrons. The molecule has 0 spiro atoms. The maximum Gasteiger partial charge on any atom is 0.323 e. The van der Waals surface area contributed by atoms with Crippen molar-refractivity contribution < 1.29 is 28.3 Å². The Morgan fingerprint density at radius 3 is 2.70 bits per heavy atom. The van der Waals surface area contributed by atoms with E-state index in [2.05, 4.69) is 9.97 Å². The fraction of sp³-hybridized carbons (Fsp3) is 0.111. The molecule has 27 heavy (non-hydrogen) atoms. The highest BCUT2D eigenvalue weighted by Crippen LogP contribution is 2.39. The molecule has 7 nitrogen and oxygen atoms in total. The van der Waals surface area contributed by atoms with Crippen molar-refractivity contribution in [3.8, 4) is 0 Å². The lowest BCUT2D eigenvalue weighted by Crippen LogP contribution is -2.31. The van der Waals surface area contributed by atoms with Crippen LogP contribution in [0, 0.1) is 17.6 Å². The molecule has 1 fully saturated rings. The number of carboxylic acids is 1. The first kappa shape index (κ1) is 16.8. The number of nitrogens with zero attached hydrogens (tertiary/aromatic N) is 2. The second-order valence-electron chi connectivity index (χ2n) is 6.03. The van der Waals surface area contributed by atoms with Gasteiger partial charge in [0.25, 0.3) is 0 Å². The van der Waals surface area contributed by atoms with Crippen LogP contribution in [0.4, 0.5) is 14.5 Å². The van der Waals surface area contributed by atoms with E-state index in [0.717, 1.165) is 17.0 Å². The topological polar surface area (TPSA) is 103 Å². The summed E-state index contributed by atoms with van der Waals surface area (Å²) in [5.74, 6) is -8.19. The molecule has 1 aliphatic rings. The Hall–Kier alpha value is -3.62. The maximum absolute atomic E-state index is 14.3. The van der Waals surface area contributed by atoms with E-state index in [4.69, 9.17) is 0 Å². The summed E-state index contributed by atoms with van der Waals surface area (Å²) in [6.07, 6.45) is 1.43. The summed E-state index contributed by atoms with van der Waals surface area (Å²) in [7, 11) is 0. The van der Waals surface area contributed by atoms with Crippen molar-refractivity contribution in [3.63, 3.8) is 0 Å². The van der Waals surface area contributed by atoms with Gasteiger partial charge in [-0.2, -0.15) is 0 Å². The van der Waals surface area contributed by atoms with Crippen LogP contribution in [0.15, 0.2) is 42.7 Å². The molecule has 0 aliphatic carbocycles. The molecule has 1 aromatic heterocycles. The number of imidazole rings is 1. The summed E-state index contributed by atoms with van der Waals surface area (Å²) in [4.78, 5) is 44.6. The number of carboxylic acid groups (broad SMARTS) is 1. The highest BCUT2D eigenvalue weighted by atomic mass is 19.2. The molecule has 1 saturated heterocycles. The Bertz CT molecular complexity index is 1110. The number of hydrogen-bond donors (Lipinski definition) is 2. The third kappa shape index (κ3) is 2.47. The van der Waals surface area contributed by atoms with Gasteiger partial charge in [-0.25, -0.2) is 13.8 Å². The summed E-state index contributed by atoms with van der Waals surface area (Å²) in [5, 5.41) is 9.29. The van der Waals surface area contributed by atoms with E-state index in [0.29, 0.717) is 11.0 Å². The fourth-order valence-corrected chi connectivity index (χ4v) is 3.27. The molecule has 1 amide bonds. The van der Waals surface area contributed by atoms with Crippen molar-refractivity contribution in [2.75, 3.05) is 4.90 Å². The first-order valence-corrected chi connectivity index (χ1v) is 7.87. The first-order valence-electron chi connectivity index (χ1n) is 7.87. The summed E-state index contributed by atoms with van der Waals surface area (Å²) < 4.78 is 28.0. The van der Waals surface area contributed by atoms with Gasteiger partial charge in [0, 0.05) is 11.3 Å². The summed E-state index contributed by atoms with van der Waals surface area (Å²) in [5.41, 5.74) is 0.870. The number of carbonyl (C=O) groups excluding carboxylic acids is 2. The molecule has 0 bridgehead atoms. The SMILES string of the molecule is O=C(O)C1C(=O)C(c2cccc(F)c2F)N(c2ccc3[nH]cnc3c2)C1=O. The zero-order chi connectivity index (χ0) is 19.3. The number of fused-ring (bicyclic) bond motifs is 1. The van der Waals surface area contributed by atoms with E-state index >= 15 is 0 Å². The average molecular weight is 371 g/mol. The minimum absolute atomic E-state index is 0.158. The average Bonchev–Trinajstić information content (AvgIpc) is 3.18. The van der Waals surface area contributed by atoms with Gasteiger partial charge in [-0.15, -0.1) is 0 Å². The number of ketones is 1. The Morgan fingerprint density at radius 1 is 1.19 bits per heavy atom. The standard InChI is InChI=1S/C18H11F2N3O4/c19-10-3-1-2-9(14(10)20)15-16(24)13(18(26)27)17(25)23(15)8-4-5-11-12(6-8)22-7-21-11/h1-7,13,15H,(H,21,22)(H,26,27). The molecule has 2 heterocycles.